The van der Waals surface area contributed by atoms with Crippen LogP contribution in [0.25, 0.3) is 0 Å². The Morgan fingerprint density at radius 2 is 1.71 bits per heavy atom. The Balaban J connectivity index is 2.45. The summed E-state index contributed by atoms with van der Waals surface area (Å²) in [4.78, 5) is 27.2. The fourth-order valence-corrected chi connectivity index (χ4v) is 2.27. The van der Waals surface area contributed by atoms with Crippen molar-refractivity contribution in [3.05, 3.63) is 56.8 Å². The number of rotatable bonds is 3. The molecule has 0 saturated heterocycles. The Bertz CT molecular complexity index is 735. The van der Waals surface area contributed by atoms with E-state index in [0.29, 0.717) is 0 Å². The van der Waals surface area contributed by atoms with Crippen LogP contribution in [-0.4, -0.2) is 22.0 Å². The third-order valence-electron chi connectivity index (χ3n) is 2.57. The minimum Gasteiger partial charge on any atom is -0.478 e. The van der Waals surface area contributed by atoms with Gasteiger partial charge in [0.2, 0.25) is 0 Å². The molecule has 1 amide bonds. The zero-order valence-corrected chi connectivity index (χ0v) is 12.5. The van der Waals surface area contributed by atoms with Gasteiger partial charge in [-0.25, -0.2) is 4.79 Å². The molecule has 0 aliphatic carbocycles. The van der Waals surface area contributed by atoms with Crippen LogP contribution in [-0.2, 0) is 0 Å². The van der Waals surface area contributed by atoms with Crippen LogP contribution in [0.5, 0.6) is 0 Å². The Morgan fingerprint density at radius 1 is 1.05 bits per heavy atom. The van der Waals surface area contributed by atoms with E-state index in [1.807, 2.05) is 0 Å². The minimum atomic E-state index is -1.31. The molecule has 5 nitrogen and oxygen atoms in total. The van der Waals surface area contributed by atoms with Crippen molar-refractivity contribution in [2.75, 3.05) is 5.32 Å². The molecule has 0 radical (unpaired) electrons. The predicted molar refractivity (Wildman–Crippen MR) is 80.6 cm³/mol. The number of aromatic nitrogens is 1. The van der Waals surface area contributed by atoms with Crippen molar-refractivity contribution in [1.82, 2.24) is 4.98 Å². The maximum absolute atomic E-state index is 12.2. The van der Waals surface area contributed by atoms with E-state index >= 15 is 0 Å². The molecule has 0 bridgehead atoms. The van der Waals surface area contributed by atoms with E-state index in [4.69, 9.17) is 34.8 Å². The van der Waals surface area contributed by atoms with Crippen LogP contribution >= 0.6 is 34.8 Å². The number of nitrogens with zero attached hydrogens (tertiary/aromatic N) is 1. The number of benzene rings is 1. The number of carbonyl (C=O) groups is 2. The van der Waals surface area contributed by atoms with Gasteiger partial charge in [0.05, 0.1) is 26.3 Å². The molecule has 0 atom stereocenters. The number of pyridine rings is 1. The summed E-state index contributed by atoms with van der Waals surface area (Å²) < 4.78 is 0. The highest BCUT2D eigenvalue weighted by Crippen LogP contribution is 2.32. The second-order valence-electron chi connectivity index (χ2n) is 3.89. The molecule has 21 heavy (non-hydrogen) atoms. The average Bonchev–Trinajstić information content (AvgIpc) is 2.43. The lowest BCUT2D eigenvalue weighted by Crippen LogP contribution is -2.16. The molecule has 0 unspecified atom stereocenters. The number of hydrogen-bond donors (Lipinski definition) is 2. The third kappa shape index (κ3) is 3.26. The summed E-state index contributed by atoms with van der Waals surface area (Å²) in [5.74, 6) is -1.92. The third-order valence-corrected chi connectivity index (χ3v) is 3.50. The molecular weight excluding hydrogens is 339 g/mol. The highest BCUT2D eigenvalue weighted by atomic mass is 35.5. The van der Waals surface area contributed by atoms with Gasteiger partial charge in [0, 0.05) is 12.4 Å². The molecule has 2 N–H and O–H groups in total. The zero-order valence-electron chi connectivity index (χ0n) is 10.2. The summed E-state index contributed by atoms with van der Waals surface area (Å²) in [6.45, 7) is 0. The smallest absolute Gasteiger partial charge is 0.339 e. The first kappa shape index (κ1) is 15.6. The first-order valence-corrected chi connectivity index (χ1v) is 6.67. The summed E-state index contributed by atoms with van der Waals surface area (Å²) in [5.41, 5.74) is -0.240. The van der Waals surface area contributed by atoms with Crippen LogP contribution in [0.4, 0.5) is 5.69 Å². The maximum atomic E-state index is 12.2. The monoisotopic (exact) mass is 344 g/mol. The normalized spacial score (nSPS) is 10.2. The van der Waals surface area contributed by atoms with Gasteiger partial charge < -0.3 is 10.4 Å². The van der Waals surface area contributed by atoms with E-state index in [1.165, 1.54) is 30.6 Å². The molecule has 0 saturated carbocycles. The molecule has 1 heterocycles. The van der Waals surface area contributed by atoms with Gasteiger partial charge in [0.25, 0.3) is 5.91 Å². The molecule has 0 spiro atoms. The van der Waals surface area contributed by atoms with Crippen molar-refractivity contribution in [1.29, 1.82) is 0 Å². The summed E-state index contributed by atoms with van der Waals surface area (Å²) >= 11 is 17.6. The molecule has 2 aromatic rings. The number of carboxylic acid groups (broad SMARTS) is 1. The quantitative estimate of drug-likeness (QED) is 0.881. The van der Waals surface area contributed by atoms with E-state index in [2.05, 4.69) is 10.3 Å². The van der Waals surface area contributed by atoms with Crippen LogP contribution in [0, 0.1) is 0 Å². The second kappa shape index (κ2) is 6.30. The summed E-state index contributed by atoms with van der Waals surface area (Å²) in [6, 6.07) is 4.12. The predicted octanol–water partition coefficient (Wildman–Crippen LogP) is 3.99. The van der Waals surface area contributed by atoms with Gasteiger partial charge in [-0.3, -0.25) is 9.78 Å². The van der Waals surface area contributed by atoms with Crippen LogP contribution in [0.3, 0.4) is 0 Å². The number of hydrogen-bond acceptors (Lipinski definition) is 3. The molecule has 2 rings (SSSR count). The number of nitrogens with one attached hydrogen (secondary N) is 1. The number of aromatic carboxylic acids is 1. The van der Waals surface area contributed by atoms with Gasteiger partial charge in [0.1, 0.15) is 5.56 Å². The van der Waals surface area contributed by atoms with Crippen molar-refractivity contribution in [3.8, 4) is 0 Å². The Hall–Kier alpha value is -1.82. The van der Waals surface area contributed by atoms with Gasteiger partial charge in [-0.05, 0) is 18.2 Å². The summed E-state index contributed by atoms with van der Waals surface area (Å²) in [6.07, 6.45) is 2.69. The van der Waals surface area contributed by atoms with E-state index in [9.17, 15) is 14.7 Å². The van der Waals surface area contributed by atoms with Gasteiger partial charge >= 0.3 is 5.97 Å². The Kier molecular flexibility index (Phi) is 4.67. The van der Waals surface area contributed by atoms with Gasteiger partial charge in [0.15, 0.2) is 0 Å². The first-order valence-electron chi connectivity index (χ1n) is 5.54. The SMILES string of the molecule is O=C(Nc1c(Cl)ccc(Cl)c1C(=O)O)c1ccncc1Cl. The highest BCUT2D eigenvalue weighted by molar-refractivity contribution is 6.39. The van der Waals surface area contributed by atoms with Gasteiger partial charge in [-0.2, -0.15) is 0 Å². The summed E-state index contributed by atoms with van der Waals surface area (Å²) in [5, 5.41) is 11.7. The lowest BCUT2D eigenvalue weighted by Gasteiger charge is -2.12. The topological polar surface area (TPSA) is 79.3 Å². The molecule has 0 aliphatic heterocycles. The van der Waals surface area contributed by atoms with Crippen molar-refractivity contribution in [2.45, 2.75) is 0 Å². The molecular formula is C13H7Cl3N2O3. The number of anilines is 1. The van der Waals surface area contributed by atoms with Crippen molar-refractivity contribution >= 4 is 52.4 Å². The molecule has 0 fully saturated rings. The fourth-order valence-electron chi connectivity index (χ4n) is 1.62. The van der Waals surface area contributed by atoms with Crippen LogP contribution in [0.15, 0.2) is 30.6 Å². The number of carbonyl (C=O) groups excluding carboxylic acids is 1. The maximum Gasteiger partial charge on any atom is 0.339 e. The zero-order chi connectivity index (χ0) is 15.6. The molecule has 1 aromatic carbocycles. The lowest BCUT2D eigenvalue weighted by molar-refractivity contribution is 0.0698. The standard InChI is InChI=1S/C13H7Cl3N2O3/c14-7-1-2-8(15)11(10(7)13(20)21)18-12(19)6-3-4-17-5-9(6)16/h1-5H,(H,18,19)(H,20,21). The lowest BCUT2D eigenvalue weighted by atomic mass is 10.1. The average molecular weight is 346 g/mol. The van der Waals surface area contributed by atoms with Crippen molar-refractivity contribution < 1.29 is 14.7 Å². The second-order valence-corrected chi connectivity index (χ2v) is 5.12. The van der Waals surface area contributed by atoms with E-state index in [0.717, 1.165) is 0 Å². The van der Waals surface area contributed by atoms with Gasteiger partial charge in [-0.1, -0.05) is 34.8 Å². The minimum absolute atomic E-state index is 0.0389. The van der Waals surface area contributed by atoms with Gasteiger partial charge in [-0.15, -0.1) is 0 Å². The van der Waals surface area contributed by atoms with Crippen molar-refractivity contribution in [3.63, 3.8) is 0 Å². The highest BCUT2D eigenvalue weighted by Gasteiger charge is 2.21. The van der Waals surface area contributed by atoms with Crippen LogP contribution in [0.1, 0.15) is 20.7 Å². The number of amides is 1. The van der Waals surface area contributed by atoms with Crippen LogP contribution in [0.2, 0.25) is 15.1 Å². The molecule has 1 aromatic heterocycles. The van der Waals surface area contributed by atoms with Crippen molar-refractivity contribution in [2.24, 2.45) is 0 Å². The molecule has 0 aliphatic rings. The van der Waals surface area contributed by atoms with Crippen LogP contribution < -0.4 is 5.32 Å². The summed E-state index contributed by atoms with van der Waals surface area (Å²) in [7, 11) is 0. The molecule has 8 heteroatoms. The van der Waals surface area contributed by atoms with E-state index < -0.39 is 11.9 Å². The number of halogens is 3. The Morgan fingerprint density at radius 3 is 2.33 bits per heavy atom. The molecule has 108 valence electrons. The fraction of sp³-hybridized carbons (Fsp3) is 0. The first-order chi connectivity index (χ1) is 9.91. The number of carboxylic acids is 1. The van der Waals surface area contributed by atoms with E-state index in [1.54, 1.807) is 0 Å². The largest absolute Gasteiger partial charge is 0.478 e. The Labute approximate surface area is 134 Å². The van der Waals surface area contributed by atoms with E-state index in [-0.39, 0.29) is 31.9 Å².